The second-order valence-electron chi connectivity index (χ2n) is 3.83. The van der Waals surface area contributed by atoms with Gasteiger partial charge in [-0.2, -0.15) is 0 Å². The van der Waals surface area contributed by atoms with Crippen LogP contribution in [-0.2, 0) is 6.54 Å². The van der Waals surface area contributed by atoms with Crippen LogP contribution in [0.3, 0.4) is 0 Å². The molecule has 0 fully saturated rings. The van der Waals surface area contributed by atoms with E-state index in [1.807, 2.05) is 5.32 Å². The van der Waals surface area contributed by atoms with Crippen molar-refractivity contribution in [3.63, 3.8) is 0 Å². The summed E-state index contributed by atoms with van der Waals surface area (Å²) in [6.45, 7) is 0.0776. The van der Waals surface area contributed by atoms with Gasteiger partial charge in [-0.15, -0.1) is 0 Å². The fourth-order valence-electron chi connectivity index (χ4n) is 1.45. The number of thiocarbonyl (C=S) groups is 1. The van der Waals surface area contributed by atoms with Gasteiger partial charge in [-0.3, -0.25) is 0 Å². The molecule has 0 aliphatic heterocycles. The molecule has 2 rings (SSSR count). The molecule has 1 heterocycles. The zero-order valence-electron chi connectivity index (χ0n) is 10.1. The quantitative estimate of drug-likeness (QED) is 0.393. The van der Waals surface area contributed by atoms with Crippen LogP contribution in [0.5, 0.6) is 0 Å². The minimum Gasteiger partial charge on any atom is -0.467 e. The summed E-state index contributed by atoms with van der Waals surface area (Å²) in [5.41, 5.74) is -1.22. The van der Waals surface area contributed by atoms with Crippen molar-refractivity contribution in [1.82, 2.24) is 5.32 Å². The highest BCUT2D eigenvalue weighted by atomic mass is 32.1. The second-order valence-corrected chi connectivity index (χ2v) is 4.24. The van der Waals surface area contributed by atoms with Crippen molar-refractivity contribution in [3.05, 3.63) is 53.2 Å². The fraction of sp³-hybridized carbons (Fsp3) is 0.0833. The van der Waals surface area contributed by atoms with Crippen molar-refractivity contribution in [3.8, 4) is 0 Å². The van der Waals surface area contributed by atoms with Gasteiger partial charge in [0, 0.05) is 0 Å². The van der Waals surface area contributed by atoms with E-state index >= 15 is 0 Å². The Morgan fingerprint density at radius 2 is 1.57 bits per heavy atom. The molecule has 2 aromatic rings. The van der Waals surface area contributed by atoms with Gasteiger partial charge in [0.2, 0.25) is 5.82 Å². The molecule has 0 saturated carbocycles. The van der Waals surface area contributed by atoms with Crippen molar-refractivity contribution in [2.45, 2.75) is 6.54 Å². The number of anilines is 1. The molecule has 2 N–H and O–H groups in total. The summed E-state index contributed by atoms with van der Waals surface area (Å²) < 4.78 is 70.6. The first-order valence-corrected chi connectivity index (χ1v) is 5.91. The Hall–Kier alpha value is -2.16. The minimum absolute atomic E-state index is 0.0776. The molecule has 9 heteroatoms. The van der Waals surface area contributed by atoms with E-state index < -0.39 is 34.8 Å². The molecule has 0 radical (unpaired) electrons. The molecule has 1 aromatic heterocycles. The lowest BCUT2D eigenvalue weighted by Crippen LogP contribution is -2.29. The number of rotatable bonds is 3. The number of nitrogens with one attached hydrogen (secondary N) is 2. The molecule has 0 spiro atoms. The zero-order valence-corrected chi connectivity index (χ0v) is 11.0. The van der Waals surface area contributed by atoms with Gasteiger partial charge >= 0.3 is 0 Å². The Morgan fingerprint density at radius 3 is 2.10 bits per heavy atom. The van der Waals surface area contributed by atoms with Gasteiger partial charge in [-0.05, 0) is 24.4 Å². The summed E-state index contributed by atoms with van der Waals surface area (Å²) in [6.07, 6.45) is 1.40. The van der Waals surface area contributed by atoms with Gasteiger partial charge in [0.05, 0.1) is 12.8 Å². The van der Waals surface area contributed by atoms with Crippen LogP contribution in [-0.4, -0.2) is 5.11 Å². The van der Waals surface area contributed by atoms with E-state index in [9.17, 15) is 22.0 Å². The third-order valence-corrected chi connectivity index (χ3v) is 2.70. The fourth-order valence-corrected chi connectivity index (χ4v) is 1.63. The van der Waals surface area contributed by atoms with Crippen LogP contribution in [0, 0.1) is 29.1 Å². The third kappa shape index (κ3) is 3.13. The average molecular weight is 322 g/mol. The van der Waals surface area contributed by atoms with Crippen molar-refractivity contribution in [2.24, 2.45) is 0 Å². The Balaban J connectivity index is 2.14. The van der Waals surface area contributed by atoms with Crippen LogP contribution in [0.25, 0.3) is 0 Å². The Bertz CT molecular complexity index is 646. The van der Waals surface area contributed by atoms with E-state index in [-0.39, 0.29) is 11.7 Å². The normalized spacial score (nSPS) is 10.5. The molecular weight excluding hydrogens is 315 g/mol. The zero-order chi connectivity index (χ0) is 15.6. The highest BCUT2D eigenvalue weighted by molar-refractivity contribution is 7.80. The van der Waals surface area contributed by atoms with Crippen LogP contribution in [0.1, 0.15) is 5.76 Å². The maximum atomic E-state index is 13.4. The lowest BCUT2D eigenvalue weighted by Gasteiger charge is -2.12. The first kappa shape index (κ1) is 15.2. The molecule has 1 aromatic carbocycles. The van der Waals surface area contributed by atoms with Gasteiger partial charge in [-0.1, -0.05) is 0 Å². The maximum absolute atomic E-state index is 13.4. The van der Waals surface area contributed by atoms with E-state index in [4.69, 9.17) is 16.6 Å². The van der Waals surface area contributed by atoms with Crippen LogP contribution in [0.15, 0.2) is 22.8 Å². The van der Waals surface area contributed by atoms with E-state index in [1.54, 1.807) is 12.1 Å². The molecule has 0 atom stereocenters. The summed E-state index contributed by atoms with van der Waals surface area (Å²) in [5.74, 6) is -9.85. The first-order valence-electron chi connectivity index (χ1n) is 5.50. The second kappa shape index (κ2) is 6.08. The van der Waals surface area contributed by atoms with Crippen LogP contribution in [0.4, 0.5) is 27.6 Å². The van der Waals surface area contributed by atoms with E-state index in [2.05, 4.69) is 5.32 Å². The largest absolute Gasteiger partial charge is 0.467 e. The van der Waals surface area contributed by atoms with Crippen molar-refractivity contribution < 1.29 is 26.4 Å². The van der Waals surface area contributed by atoms with Crippen molar-refractivity contribution >= 4 is 23.0 Å². The predicted octanol–water partition coefficient (Wildman–Crippen LogP) is 3.46. The lowest BCUT2D eigenvalue weighted by molar-refractivity contribution is 0.382. The predicted molar refractivity (Wildman–Crippen MR) is 68.0 cm³/mol. The van der Waals surface area contributed by atoms with Gasteiger partial charge < -0.3 is 15.1 Å². The van der Waals surface area contributed by atoms with Crippen molar-refractivity contribution in [1.29, 1.82) is 0 Å². The molecule has 0 aliphatic rings. The maximum Gasteiger partial charge on any atom is 0.200 e. The number of furan rings is 1. The summed E-state index contributed by atoms with van der Waals surface area (Å²) in [4.78, 5) is 0. The van der Waals surface area contributed by atoms with Crippen molar-refractivity contribution in [2.75, 3.05) is 5.32 Å². The summed E-state index contributed by atoms with van der Waals surface area (Å²) in [7, 11) is 0. The number of halogens is 5. The number of benzene rings is 1. The van der Waals surface area contributed by atoms with Crippen LogP contribution < -0.4 is 10.6 Å². The van der Waals surface area contributed by atoms with Crippen LogP contribution in [0.2, 0.25) is 0 Å². The minimum atomic E-state index is -2.23. The van der Waals surface area contributed by atoms with E-state index in [0.717, 1.165) is 0 Å². The molecular formula is C12H7F5N2OS. The summed E-state index contributed by atoms with van der Waals surface area (Å²) in [5, 5.41) is 4.10. The van der Waals surface area contributed by atoms with Gasteiger partial charge in [0.1, 0.15) is 11.4 Å². The molecule has 0 saturated heterocycles. The lowest BCUT2D eigenvalue weighted by atomic mass is 10.2. The van der Waals surface area contributed by atoms with Gasteiger partial charge in [-0.25, -0.2) is 22.0 Å². The monoisotopic (exact) mass is 322 g/mol. The highest BCUT2D eigenvalue weighted by Gasteiger charge is 2.26. The number of hydrogen-bond acceptors (Lipinski definition) is 2. The smallest absolute Gasteiger partial charge is 0.200 e. The molecule has 21 heavy (non-hydrogen) atoms. The highest BCUT2D eigenvalue weighted by Crippen LogP contribution is 2.26. The average Bonchev–Trinajstić information content (AvgIpc) is 2.99. The van der Waals surface area contributed by atoms with Gasteiger partial charge in [0.25, 0.3) is 0 Å². The van der Waals surface area contributed by atoms with E-state index in [0.29, 0.717) is 5.76 Å². The molecule has 3 nitrogen and oxygen atoms in total. The molecule has 0 unspecified atom stereocenters. The molecule has 112 valence electrons. The first-order chi connectivity index (χ1) is 9.91. The number of hydrogen-bond donors (Lipinski definition) is 2. The molecule has 0 aliphatic carbocycles. The Kier molecular flexibility index (Phi) is 4.41. The topological polar surface area (TPSA) is 37.2 Å². The van der Waals surface area contributed by atoms with E-state index in [1.165, 1.54) is 6.26 Å². The summed E-state index contributed by atoms with van der Waals surface area (Å²) in [6, 6.07) is 3.21. The summed E-state index contributed by atoms with van der Waals surface area (Å²) >= 11 is 4.71. The standard InChI is InChI=1S/C12H7F5N2OS/c13-6-7(14)9(16)11(10(17)8(6)15)19-12(21)18-4-5-2-1-3-20-5/h1-3H,4H2,(H2,18,19,21). The van der Waals surface area contributed by atoms with Gasteiger partial charge in [0.15, 0.2) is 28.4 Å². The third-order valence-electron chi connectivity index (χ3n) is 2.45. The Morgan fingerprint density at radius 1 is 1.00 bits per heavy atom. The Labute approximate surface area is 120 Å². The molecule has 0 amide bonds. The van der Waals surface area contributed by atoms with Crippen LogP contribution >= 0.6 is 12.2 Å². The molecule has 0 bridgehead atoms. The SMILES string of the molecule is Fc1c(F)c(F)c(NC(=S)NCc2ccco2)c(F)c1F.